The van der Waals surface area contributed by atoms with E-state index in [1.54, 1.807) is 14.2 Å². The molecule has 0 spiro atoms. The lowest BCUT2D eigenvalue weighted by Gasteiger charge is -2.18. The highest BCUT2D eigenvalue weighted by Gasteiger charge is 2.03. The zero-order valence-electron chi connectivity index (χ0n) is 15.8. The lowest BCUT2D eigenvalue weighted by molar-refractivity contribution is 0.180. The molecule has 1 aromatic rings. The summed E-state index contributed by atoms with van der Waals surface area (Å²) in [5, 5.41) is 6.66. The van der Waals surface area contributed by atoms with Gasteiger partial charge in [-0.3, -0.25) is 0 Å². The van der Waals surface area contributed by atoms with Crippen LogP contribution in [0.15, 0.2) is 27.7 Å². The number of benzene rings is 1. The van der Waals surface area contributed by atoms with Crippen LogP contribution in [0.25, 0.3) is 0 Å². The fraction of sp³-hybridized carbons (Fsp3) is 0.611. The molecule has 1 rings (SSSR count). The van der Waals surface area contributed by atoms with Crippen molar-refractivity contribution in [3.8, 4) is 5.75 Å². The molecule has 7 heteroatoms. The van der Waals surface area contributed by atoms with Crippen molar-refractivity contribution in [1.29, 1.82) is 0 Å². The van der Waals surface area contributed by atoms with Gasteiger partial charge >= 0.3 is 0 Å². The van der Waals surface area contributed by atoms with Crippen molar-refractivity contribution in [3.63, 3.8) is 0 Å². The summed E-state index contributed by atoms with van der Waals surface area (Å²) < 4.78 is 11.3. The molecule has 0 unspecified atom stereocenters. The summed E-state index contributed by atoms with van der Waals surface area (Å²) in [6, 6.07) is 6.01. The number of hydrogen-bond acceptors (Lipinski definition) is 4. The molecule has 0 aliphatic carbocycles. The average molecular weight is 415 g/mol. The van der Waals surface area contributed by atoms with Crippen molar-refractivity contribution >= 4 is 21.9 Å². The third-order valence-electron chi connectivity index (χ3n) is 3.65. The number of rotatable bonds is 11. The molecule has 6 nitrogen and oxygen atoms in total. The fourth-order valence-electron chi connectivity index (χ4n) is 2.28. The number of hydrogen-bond donors (Lipinski definition) is 2. The summed E-state index contributed by atoms with van der Waals surface area (Å²) in [5.41, 5.74) is 1.13. The Kier molecular flexibility index (Phi) is 11.3. The van der Waals surface area contributed by atoms with Crippen molar-refractivity contribution < 1.29 is 9.47 Å². The van der Waals surface area contributed by atoms with Crippen LogP contribution in [-0.2, 0) is 11.3 Å². The Labute approximate surface area is 160 Å². The molecule has 0 radical (unpaired) electrons. The molecular formula is C18H31BrN4O2. The van der Waals surface area contributed by atoms with Crippen LogP contribution in [-0.4, -0.2) is 64.9 Å². The van der Waals surface area contributed by atoms with Gasteiger partial charge < -0.3 is 25.0 Å². The van der Waals surface area contributed by atoms with Crippen LogP contribution in [0.4, 0.5) is 0 Å². The van der Waals surface area contributed by atoms with E-state index in [1.807, 2.05) is 18.2 Å². The average Bonchev–Trinajstić information content (AvgIpc) is 2.60. The maximum absolute atomic E-state index is 5.25. The van der Waals surface area contributed by atoms with Crippen LogP contribution in [0.2, 0.25) is 0 Å². The monoisotopic (exact) mass is 414 g/mol. The highest BCUT2D eigenvalue weighted by molar-refractivity contribution is 9.10. The van der Waals surface area contributed by atoms with Gasteiger partial charge in [-0.1, -0.05) is 6.07 Å². The molecule has 0 heterocycles. The van der Waals surface area contributed by atoms with Gasteiger partial charge in [-0.25, -0.2) is 4.99 Å². The molecule has 142 valence electrons. The van der Waals surface area contributed by atoms with Gasteiger partial charge in [0.2, 0.25) is 0 Å². The van der Waals surface area contributed by atoms with Crippen molar-refractivity contribution in [1.82, 2.24) is 15.5 Å². The first-order valence-corrected chi connectivity index (χ1v) is 9.42. The van der Waals surface area contributed by atoms with E-state index in [0.29, 0.717) is 6.54 Å². The molecule has 0 fully saturated rings. The minimum atomic E-state index is 0.613. The summed E-state index contributed by atoms with van der Waals surface area (Å²) in [6.45, 7) is 7.16. The SMILES string of the molecule is CCNC(=NCc1ccc(OC)c(Br)c1)NCCN(C)CCCOC. The van der Waals surface area contributed by atoms with Gasteiger partial charge in [-0.15, -0.1) is 0 Å². The Morgan fingerprint density at radius 1 is 1.24 bits per heavy atom. The number of ether oxygens (including phenoxy) is 2. The van der Waals surface area contributed by atoms with E-state index in [9.17, 15) is 0 Å². The van der Waals surface area contributed by atoms with Crippen LogP contribution in [0.3, 0.4) is 0 Å². The van der Waals surface area contributed by atoms with E-state index in [2.05, 4.69) is 50.4 Å². The maximum atomic E-state index is 5.25. The Morgan fingerprint density at radius 2 is 2.04 bits per heavy atom. The highest BCUT2D eigenvalue weighted by Crippen LogP contribution is 2.25. The second-order valence-electron chi connectivity index (χ2n) is 5.74. The van der Waals surface area contributed by atoms with Crippen LogP contribution < -0.4 is 15.4 Å². The second-order valence-corrected chi connectivity index (χ2v) is 6.59. The molecule has 25 heavy (non-hydrogen) atoms. The lowest BCUT2D eigenvalue weighted by Crippen LogP contribution is -2.41. The standard InChI is InChI=1S/C18H31BrN4O2/c1-5-20-18(21-9-11-23(2)10-6-12-24-3)22-14-15-7-8-17(25-4)16(19)13-15/h7-8,13H,5-6,9-12,14H2,1-4H3,(H2,20,21,22). The van der Waals surface area contributed by atoms with Gasteiger partial charge in [0, 0.05) is 39.9 Å². The van der Waals surface area contributed by atoms with Crippen LogP contribution in [0.1, 0.15) is 18.9 Å². The third kappa shape index (κ3) is 9.09. The Bertz CT molecular complexity index is 526. The molecule has 0 aliphatic heterocycles. The Hall–Kier alpha value is -1.31. The van der Waals surface area contributed by atoms with Crippen molar-refractivity contribution in [2.24, 2.45) is 4.99 Å². The topological polar surface area (TPSA) is 58.1 Å². The normalized spacial score (nSPS) is 11.7. The predicted octanol–water partition coefficient (Wildman–Crippen LogP) is 2.48. The molecule has 0 aromatic heterocycles. The van der Waals surface area contributed by atoms with Crippen molar-refractivity contribution in [2.45, 2.75) is 19.9 Å². The quantitative estimate of drug-likeness (QED) is 0.331. The van der Waals surface area contributed by atoms with Gasteiger partial charge in [0.25, 0.3) is 0 Å². The van der Waals surface area contributed by atoms with E-state index >= 15 is 0 Å². The van der Waals surface area contributed by atoms with E-state index in [-0.39, 0.29) is 0 Å². The molecule has 0 bridgehead atoms. The third-order valence-corrected chi connectivity index (χ3v) is 4.27. The molecule has 0 aliphatic rings. The molecule has 1 aromatic carbocycles. The summed E-state index contributed by atoms with van der Waals surface area (Å²) in [7, 11) is 5.52. The number of halogens is 1. The van der Waals surface area contributed by atoms with Crippen LogP contribution in [0, 0.1) is 0 Å². The van der Waals surface area contributed by atoms with Crippen LogP contribution >= 0.6 is 15.9 Å². The molecule has 0 saturated carbocycles. The lowest BCUT2D eigenvalue weighted by atomic mass is 10.2. The van der Waals surface area contributed by atoms with Crippen LogP contribution in [0.5, 0.6) is 5.75 Å². The largest absolute Gasteiger partial charge is 0.496 e. The summed E-state index contributed by atoms with van der Waals surface area (Å²) in [6.07, 6.45) is 1.05. The highest BCUT2D eigenvalue weighted by atomic mass is 79.9. The van der Waals surface area contributed by atoms with Gasteiger partial charge in [0.1, 0.15) is 5.75 Å². The Balaban J connectivity index is 2.46. The minimum Gasteiger partial charge on any atom is -0.496 e. The molecule has 0 amide bonds. The molecule has 0 saturated heterocycles. The van der Waals surface area contributed by atoms with Crippen molar-refractivity contribution in [2.75, 3.05) is 54.1 Å². The number of nitrogens with one attached hydrogen (secondary N) is 2. The number of nitrogens with zero attached hydrogens (tertiary/aromatic N) is 2. The molecular weight excluding hydrogens is 384 g/mol. The predicted molar refractivity (Wildman–Crippen MR) is 108 cm³/mol. The summed E-state index contributed by atoms with van der Waals surface area (Å²) >= 11 is 3.51. The van der Waals surface area contributed by atoms with E-state index in [1.165, 1.54) is 0 Å². The summed E-state index contributed by atoms with van der Waals surface area (Å²) in [4.78, 5) is 6.93. The fourth-order valence-corrected chi connectivity index (χ4v) is 2.86. The first kappa shape index (κ1) is 21.7. The number of methoxy groups -OCH3 is 2. The maximum Gasteiger partial charge on any atom is 0.191 e. The zero-order valence-corrected chi connectivity index (χ0v) is 17.4. The van der Waals surface area contributed by atoms with E-state index < -0.39 is 0 Å². The number of aliphatic imine (C=N–C) groups is 1. The molecule has 2 N–H and O–H groups in total. The van der Waals surface area contributed by atoms with E-state index in [0.717, 1.165) is 61.0 Å². The van der Waals surface area contributed by atoms with Gasteiger partial charge in [-0.2, -0.15) is 0 Å². The van der Waals surface area contributed by atoms with Gasteiger partial charge in [-0.05, 0) is 54.0 Å². The first-order valence-electron chi connectivity index (χ1n) is 8.62. The number of guanidine groups is 1. The minimum absolute atomic E-state index is 0.613. The number of likely N-dealkylation sites (N-methyl/N-ethyl adjacent to an activating group) is 1. The van der Waals surface area contributed by atoms with Gasteiger partial charge in [0.05, 0.1) is 18.1 Å². The van der Waals surface area contributed by atoms with Gasteiger partial charge in [0.15, 0.2) is 5.96 Å². The molecule has 0 atom stereocenters. The second kappa shape index (κ2) is 13.0. The Morgan fingerprint density at radius 3 is 2.68 bits per heavy atom. The first-order chi connectivity index (χ1) is 12.1. The van der Waals surface area contributed by atoms with E-state index in [4.69, 9.17) is 9.47 Å². The summed E-state index contributed by atoms with van der Waals surface area (Å²) in [5.74, 6) is 1.66. The smallest absolute Gasteiger partial charge is 0.191 e. The van der Waals surface area contributed by atoms with Crippen molar-refractivity contribution in [3.05, 3.63) is 28.2 Å². The zero-order chi connectivity index (χ0) is 18.5.